The lowest BCUT2D eigenvalue weighted by Crippen LogP contribution is -2.20. The second-order valence-corrected chi connectivity index (χ2v) is 5.83. The number of esters is 1. The van der Waals surface area contributed by atoms with Crippen molar-refractivity contribution in [3.05, 3.63) is 58.6 Å². The van der Waals surface area contributed by atoms with Gasteiger partial charge in [0.25, 0.3) is 5.91 Å². The summed E-state index contributed by atoms with van der Waals surface area (Å²) in [6, 6.07) is 13.7. The summed E-state index contributed by atoms with van der Waals surface area (Å²) in [6.07, 6.45) is 0. The van der Waals surface area contributed by atoms with Crippen LogP contribution in [0.5, 0.6) is 5.75 Å². The summed E-state index contributed by atoms with van der Waals surface area (Å²) in [4.78, 5) is 23.7. The van der Waals surface area contributed by atoms with Crippen LogP contribution in [0, 0.1) is 0 Å². The molecule has 0 aromatic heterocycles. The van der Waals surface area contributed by atoms with E-state index in [9.17, 15) is 9.59 Å². The Morgan fingerprint density at radius 3 is 2.44 bits per heavy atom. The third-order valence-electron chi connectivity index (χ3n) is 3.12. The molecule has 0 saturated heterocycles. The number of halogens is 1. The smallest absolute Gasteiger partial charge is 0.338 e. The maximum Gasteiger partial charge on any atom is 0.338 e. The van der Waals surface area contributed by atoms with E-state index < -0.39 is 5.97 Å². The number of benzene rings is 2. The Kier molecular flexibility index (Phi) is 7.43. The number of methoxy groups -OCH3 is 1. The number of anilines is 1. The zero-order valence-electron chi connectivity index (χ0n) is 13.7. The molecule has 2 aromatic rings. The largest absolute Gasteiger partial charge is 0.483 e. The van der Waals surface area contributed by atoms with Crippen molar-refractivity contribution in [1.29, 1.82) is 0 Å². The lowest BCUT2D eigenvalue weighted by molar-refractivity contribution is -0.118. The number of carbonyl (C=O) groups excluding carboxylic acids is 2. The topological polar surface area (TPSA) is 73.9 Å². The molecule has 0 radical (unpaired) electrons. The highest BCUT2D eigenvalue weighted by Gasteiger charge is 2.09. The Bertz CT molecular complexity index is 718. The predicted molar refractivity (Wildman–Crippen MR) is 96.9 cm³/mol. The van der Waals surface area contributed by atoms with Crippen LogP contribution in [0.1, 0.15) is 10.4 Å². The number of rotatable bonds is 8. The average Bonchev–Trinajstić information content (AvgIpc) is 2.62. The molecule has 0 aliphatic heterocycles. The molecule has 0 unspecified atom stereocenters. The molecule has 25 heavy (non-hydrogen) atoms. The van der Waals surface area contributed by atoms with E-state index in [1.165, 1.54) is 7.11 Å². The summed E-state index contributed by atoms with van der Waals surface area (Å²) >= 11 is 3.35. The molecule has 0 atom stereocenters. The first kappa shape index (κ1) is 19.0. The zero-order chi connectivity index (χ0) is 18.1. The summed E-state index contributed by atoms with van der Waals surface area (Å²) in [6.45, 7) is 0.418. The lowest BCUT2D eigenvalue weighted by Gasteiger charge is -2.09. The fourth-order valence-corrected chi connectivity index (χ4v) is 2.29. The molecule has 2 aromatic carbocycles. The minimum Gasteiger partial charge on any atom is -0.483 e. The van der Waals surface area contributed by atoms with Gasteiger partial charge in [0.1, 0.15) is 12.4 Å². The monoisotopic (exact) mass is 407 g/mol. The van der Waals surface area contributed by atoms with E-state index in [1.54, 1.807) is 30.3 Å². The molecule has 0 aliphatic carbocycles. The quantitative estimate of drug-likeness (QED) is 0.536. The van der Waals surface area contributed by atoms with E-state index in [2.05, 4.69) is 21.2 Å². The van der Waals surface area contributed by atoms with Crippen LogP contribution < -0.4 is 10.1 Å². The lowest BCUT2D eigenvalue weighted by atomic mass is 10.2. The molecular weight excluding hydrogens is 390 g/mol. The highest BCUT2D eigenvalue weighted by atomic mass is 79.9. The fraction of sp³-hybridized carbons (Fsp3) is 0.222. The minimum atomic E-state index is -0.438. The van der Waals surface area contributed by atoms with Crippen LogP contribution in [0.3, 0.4) is 0 Å². The van der Waals surface area contributed by atoms with Gasteiger partial charge >= 0.3 is 5.97 Å². The maximum absolute atomic E-state index is 11.9. The van der Waals surface area contributed by atoms with E-state index >= 15 is 0 Å². The summed E-state index contributed by atoms with van der Waals surface area (Å²) in [5.41, 5.74) is 0.965. The third kappa shape index (κ3) is 6.21. The first-order valence-corrected chi connectivity index (χ1v) is 8.33. The van der Waals surface area contributed by atoms with Gasteiger partial charge in [-0.3, -0.25) is 4.79 Å². The van der Waals surface area contributed by atoms with Crippen molar-refractivity contribution in [3.8, 4) is 5.75 Å². The third-order valence-corrected chi connectivity index (χ3v) is 3.78. The van der Waals surface area contributed by atoms with Gasteiger partial charge in [-0.15, -0.1) is 0 Å². The highest BCUT2D eigenvalue weighted by molar-refractivity contribution is 9.10. The average molecular weight is 408 g/mol. The van der Waals surface area contributed by atoms with Gasteiger partial charge in [0.2, 0.25) is 0 Å². The number of hydrogen-bond acceptors (Lipinski definition) is 5. The molecule has 0 bridgehead atoms. The van der Waals surface area contributed by atoms with Gasteiger partial charge in [-0.2, -0.15) is 0 Å². The molecule has 6 nitrogen and oxygen atoms in total. The molecule has 0 fully saturated rings. The number of nitrogens with one attached hydrogen (secondary N) is 1. The number of ether oxygens (including phenoxy) is 3. The van der Waals surface area contributed by atoms with Crippen LogP contribution >= 0.6 is 15.9 Å². The Morgan fingerprint density at radius 2 is 1.76 bits per heavy atom. The summed E-state index contributed by atoms with van der Waals surface area (Å²) in [5.74, 6) is -0.148. The molecule has 0 saturated carbocycles. The van der Waals surface area contributed by atoms with Crippen LogP contribution in [-0.2, 0) is 14.3 Å². The molecule has 0 aliphatic rings. The minimum absolute atomic E-state index is 0.122. The summed E-state index contributed by atoms with van der Waals surface area (Å²) in [7, 11) is 1.53. The second-order valence-electron chi connectivity index (χ2n) is 4.97. The van der Waals surface area contributed by atoms with E-state index in [0.717, 1.165) is 4.47 Å². The molecule has 1 N–H and O–H groups in total. The maximum atomic E-state index is 11.9. The SMILES string of the molecule is COCCOC(=O)c1ccc(NC(=O)COc2ccccc2Br)cc1. The van der Waals surface area contributed by atoms with E-state index in [0.29, 0.717) is 23.6 Å². The first-order chi connectivity index (χ1) is 12.1. The predicted octanol–water partition coefficient (Wildman–Crippen LogP) is 3.27. The van der Waals surface area contributed by atoms with Gasteiger partial charge < -0.3 is 19.5 Å². The van der Waals surface area contributed by atoms with Gasteiger partial charge in [0.15, 0.2) is 6.61 Å². The van der Waals surface area contributed by atoms with Crippen LogP contribution in [0.2, 0.25) is 0 Å². The van der Waals surface area contributed by atoms with Crippen molar-refractivity contribution in [1.82, 2.24) is 0 Å². The van der Waals surface area contributed by atoms with Crippen molar-refractivity contribution < 1.29 is 23.8 Å². The summed E-state index contributed by atoms with van der Waals surface area (Å²) in [5, 5.41) is 2.70. The second kappa shape index (κ2) is 9.80. The van der Waals surface area contributed by atoms with Gasteiger partial charge in [0, 0.05) is 12.8 Å². The zero-order valence-corrected chi connectivity index (χ0v) is 15.2. The van der Waals surface area contributed by atoms with Gasteiger partial charge in [0.05, 0.1) is 16.6 Å². The molecular formula is C18H18BrNO5. The van der Waals surface area contributed by atoms with Gasteiger partial charge in [-0.05, 0) is 52.3 Å². The first-order valence-electron chi connectivity index (χ1n) is 7.53. The number of para-hydroxylation sites is 1. The molecule has 0 heterocycles. The van der Waals surface area contributed by atoms with E-state index in [1.807, 2.05) is 18.2 Å². The van der Waals surface area contributed by atoms with Crippen LogP contribution in [0.4, 0.5) is 5.69 Å². The molecule has 7 heteroatoms. The number of hydrogen-bond donors (Lipinski definition) is 1. The Labute approximate surface area is 154 Å². The van der Waals surface area contributed by atoms with Crippen LogP contribution in [0.15, 0.2) is 53.0 Å². The molecule has 2 rings (SSSR count). The van der Waals surface area contributed by atoms with Crippen molar-refractivity contribution in [2.45, 2.75) is 0 Å². The van der Waals surface area contributed by atoms with Crippen molar-refractivity contribution in [3.63, 3.8) is 0 Å². The normalized spacial score (nSPS) is 10.2. The highest BCUT2D eigenvalue weighted by Crippen LogP contribution is 2.23. The summed E-state index contributed by atoms with van der Waals surface area (Å²) < 4.78 is 16.0. The molecule has 1 amide bonds. The number of amides is 1. The standard InChI is InChI=1S/C18H18BrNO5/c1-23-10-11-24-18(22)13-6-8-14(9-7-13)20-17(21)12-25-16-5-3-2-4-15(16)19/h2-9H,10-12H2,1H3,(H,20,21). The molecule has 0 spiro atoms. The fourth-order valence-electron chi connectivity index (χ4n) is 1.89. The Balaban J connectivity index is 1.83. The van der Waals surface area contributed by atoms with E-state index in [-0.39, 0.29) is 19.1 Å². The van der Waals surface area contributed by atoms with Crippen molar-refractivity contribution >= 4 is 33.5 Å². The Hall–Kier alpha value is -2.38. The van der Waals surface area contributed by atoms with E-state index in [4.69, 9.17) is 14.2 Å². The van der Waals surface area contributed by atoms with Gasteiger partial charge in [-0.1, -0.05) is 12.1 Å². The van der Waals surface area contributed by atoms with Crippen molar-refractivity contribution in [2.75, 3.05) is 32.2 Å². The molecule has 132 valence electrons. The number of carbonyl (C=O) groups is 2. The van der Waals surface area contributed by atoms with Crippen LogP contribution in [-0.4, -0.2) is 38.8 Å². The van der Waals surface area contributed by atoms with Crippen molar-refractivity contribution in [2.24, 2.45) is 0 Å². The van der Waals surface area contributed by atoms with Gasteiger partial charge in [-0.25, -0.2) is 4.79 Å². The van der Waals surface area contributed by atoms with Crippen LogP contribution in [0.25, 0.3) is 0 Å². The Morgan fingerprint density at radius 1 is 1.04 bits per heavy atom.